The monoisotopic (exact) mass is 418 g/mol. The summed E-state index contributed by atoms with van der Waals surface area (Å²) in [6.07, 6.45) is 1.92. The van der Waals surface area contributed by atoms with Gasteiger partial charge in [-0.3, -0.25) is 9.69 Å². The van der Waals surface area contributed by atoms with Gasteiger partial charge in [0.05, 0.1) is 23.9 Å². The van der Waals surface area contributed by atoms with Gasteiger partial charge in [0.25, 0.3) is 0 Å². The van der Waals surface area contributed by atoms with Crippen molar-refractivity contribution in [3.05, 3.63) is 46.3 Å². The van der Waals surface area contributed by atoms with E-state index in [1.807, 2.05) is 6.92 Å². The van der Waals surface area contributed by atoms with Crippen molar-refractivity contribution in [1.29, 1.82) is 0 Å². The lowest BCUT2D eigenvalue weighted by molar-refractivity contribution is -0.147. The Bertz CT molecular complexity index is 1030. The van der Waals surface area contributed by atoms with Crippen LogP contribution in [0.5, 0.6) is 5.88 Å². The van der Waals surface area contributed by atoms with Crippen LogP contribution in [0.25, 0.3) is 4.96 Å². The first kappa shape index (κ1) is 19.8. The predicted molar refractivity (Wildman–Crippen MR) is 106 cm³/mol. The summed E-state index contributed by atoms with van der Waals surface area (Å²) in [5.74, 6) is -0.0541. The minimum absolute atomic E-state index is 0.0134. The maximum absolute atomic E-state index is 14.8. The quantitative estimate of drug-likeness (QED) is 0.641. The molecule has 9 heteroatoms. The smallest absolute Gasteiger partial charge is 0.308 e. The third kappa shape index (κ3) is 3.60. The number of esters is 1. The maximum atomic E-state index is 14.8. The van der Waals surface area contributed by atoms with Crippen LogP contribution in [-0.2, 0) is 16.0 Å². The average molecular weight is 418 g/mol. The number of carbonyl (C=O) groups is 1. The van der Waals surface area contributed by atoms with Crippen LogP contribution in [-0.4, -0.2) is 50.8 Å². The van der Waals surface area contributed by atoms with Gasteiger partial charge in [0.1, 0.15) is 5.82 Å². The summed E-state index contributed by atoms with van der Waals surface area (Å²) in [4.78, 5) is 19.6. The van der Waals surface area contributed by atoms with Gasteiger partial charge in [-0.05, 0) is 32.0 Å². The molecule has 1 fully saturated rings. The number of hydrogen-bond acceptors (Lipinski definition) is 7. The molecule has 1 aromatic carbocycles. The van der Waals surface area contributed by atoms with Gasteiger partial charge >= 0.3 is 5.97 Å². The number of thiazole rings is 1. The van der Waals surface area contributed by atoms with E-state index in [0.29, 0.717) is 53.6 Å². The Morgan fingerprint density at radius 3 is 2.72 bits per heavy atom. The number of rotatable bonds is 5. The van der Waals surface area contributed by atoms with E-state index in [9.17, 15) is 14.3 Å². The van der Waals surface area contributed by atoms with Gasteiger partial charge in [-0.25, -0.2) is 9.37 Å². The predicted octanol–water partition coefficient (Wildman–Crippen LogP) is 3.17. The second-order valence-corrected chi connectivity index (χ2v) is 8.13. The van der Waals surface area contributed by atoms with Gasteiger partial charge in [-0.1, -0.05) is 36.5 Å². The first-order chi connectivity index (χ1) is 14.0. The molecule has 1 aliphatic heterocycles. The summed E-state index contributed by atoms with van der Waals surface area (Å²) in [7, 11) is 1.40. The van der Waals surface area contributed by atoms with Crippen molar-refractivity contribution >= 4 is 22.3 Å². The molecule has 0 saturated carbocycles. The molecule has 7 nitrogen and oxygen atoms in total. The van der Waals surface area contributed by atoms with Gasteiger partial charge in [0.2, 0.25) is 10.8 Å². The number of hydrogen-bond donors (Lipinski definition) is 1. The molecule has 1 aliphatic rings. The van der Waals surface area contributed by atoms with Crippen molar-refractivity contribution in [2.45, 2.75) is 32.2 Å². The fourth-order valence-electron chi connectivity index (χ4n) is 3.88. The number of ether oxygens (including phenoxy) is 1. The van der Waals surface area contributed by atoms with Gasteiger partial charge in [-0.2, -0.15) is 4.52 Å². The maximum Gasteiger partial charge on any atom is 0.308 e. The van der Waals surface area contributed by atoms with Gasteiger partial charge in [0, 0.05) is 12.0 Å². The lowest BCUT2D eigenvalue weighted by atomic mass is 9.93. The number of aryl methyl sites for hydroxylation is 1. The number of likely N-dealkylation sites (tertiary alicyclic amines) is 1. The molecule has 29 heavy (non-hydrogen) atoms. The molecule has 0 aliphatic carbocycles. The zero-order chi connectivity index (χ0) is 20.5. The van der Waals surface area contributed by atoms with Gasteiger partial charge in [-0.15, -0.1) is 5.10 Å². The van der Waals surface area contributed by atoms with Crippen LogP contribution in [0.2, 0.25) is 0 Å². The number of aromatic hydroxyl groups is 1. The van der Waals surface area contributed by atoms with Crippen LogP contribution in [0, 0.1) is 11.7 Å². The summed E-state index contributed by atoms with van der Waals surface area (Å²) < 4.78 is 21.0. The van der Waals surface area contributed by atoms with Crippen LogP contribution < -0.4 is 0 Å². The van der Waals surface area contributed by atoms with Crippen molar-refractivity contribution in [2.75, 3.05) is 20.2 Å². The first-order valence-corrected chi connectivity index (χ1v) is 10.5. The third-order valence-corrected chi connectivity index (χ3v) is 6.51. The van der Waals surface area contributed by atoms with Crippen molar-refractivity contribution in [3.63, 3.8) is 0 Å². The van der Waals surface area contributed by atoms with E-state index in [1.54, 1.807) is 18.2 Å². The molecule has 3 heterocycles. The molecule has 2 aromatic heterocycles. The molecule has 1 atom stereocenters. The molecule has 0 bridgehead atoms. The Morgan fingerprint density at radius 1 is 1.38 bits per heavy atom. The molecule has 3 aromatic rings. The number of piperidine rings is 1. The molecule has 1 N–H and O–H groups in total. The number of halogens is 1. The normalized spacial score (nSPS) is 16.9. The summed E-state index contributed by atoms with van der Waals surface area (Å²) in [6, 6.07) is 6.12. The van der Waals surface area contributed by atoms with E-state index < -0.39 is 6.04 Å². The summed E-state index contributed by atoms with van der Waals surface area (Å²) in [5.41, 5.74) is 0.486. The summed E-state index contributed by atoms with van der Waals surface area (Å²) in [6.45, 7) is 3.13. The number of aromatic nitrogens is 3. The van der Waals surface area contributed by atoms with Crippen molar-refractivity contribution < 1.29 is 19.0 Å². The van der Waals surface area contributed by atoms with E-state index in [0.717, 1.165) is 0 Å². The van der Waals surface area contributed by atoms with Gasteiger partial charge in [0.15, 0.2) is 5.82 Å². The highest BCUT2D eigenvalue weighted by atomic mass is 32.1. The molecular formula is C20H23FN4O3S. The molecule has 0 spiro atoms. The molecule has 0 unspecified atom stereocenters. The fourth-order valence-corrected chi connectivity index (χ4v) is 5.01. The molecule has 0 radical (unpaired) electrons. The van der Waals surface area contributed by atoms with Crippen LogP contribution >= 0.6 is 11.3 Å². The van der Waals surface area contributed by atoms with Crippen molar-refractivity contribution in [2.24, 2.45) is 5.92 Å². The Kier molecular flexibility index (Phi) is 5.51. The Balaban J connectivity index is 1.73. The molecule has 4 rings (SSSR count). The molecular weight excluding hydrogens is 395 g/mol. The fraction of sp³-hybridized carbons (Fsp3) is 0.450. The number of nitrogens with zero attached hydrogens (tertiary/aromatic N) is 4. The topological polar surface area (TPSA) is 80.0 Å². The highest BCUT2D eigenvalue weighted by molar-refractivity contribution is 7.17. The highest BCUT2D eigenvalue weighted by Crippen LogP contribution is 2.42. The minimum atomic E-state index is -0.478. The highest BCUT2D eigenvalue weighted by Gasteiger charge is 2.35. The zero-order valence-electron chi connectivity index (χ0n) is 16.3. The van der Waals surface area contributed by atoms with E-state index in [4.69, 9.17) is 4.74 Å². The van der Waals surface area contributed by atoms with E-state index in [2.05, 4.69) is 15.0 Å². The van der Waals surface area contributed by atoms with E-state index >= 15 is 0 Å². The lowest BCUT2D eigenvalue weighted by Gasteiger charge is -2.36. The second-order valence-electron chi connectivity index (χ2n) is 7.12. The van der Waals surface area contributed by atoms with E-state index in [-0.39, 0.29) is 23.6 Å². The van der Waals surface area contributed by atoms with Crippen LogP contribution in [0.15, 0.2) is 24.3 Å². The summed E-state index contributed by atoms with van der Waals surface area (Å²) in [5, 5.41) is 15.2. The third-order valence-electron chi connectivity index (χ3n) is 5.44. The van der Waals surface area contributed by atoms with Crippen LogP contribution in [0.1, 0.15) is 42.1 Å². The van der Waals surface area contributed by atoms with E-state index in [1.165, 1.54) is 29.0 Å². The summed E-state index contributed by atoms with van der Waals surface area (Å²) >= 11 is 1.32. The SMILES string of the molecule is CCc1nc2sc([C@@H](c3ccccc3F)N3CCC(C(=O)OC)CC3)c(O)n2n1. The van der Waals surface area contributed by atoms with Crippen LogP contribution in [0.3, 0.4) is 0 Å². The first-order valence-electron chi connectivity index (χ1n) is 9.67. The number of benzene rings is 1. The largest absolute Gasteiger partial charge is 0.492 e. The molecule has 0 amide bonds. The Hall–Kier alpha value is -2.52. The number of fused-ring (bicyclic) bond motifs is 1. The minimum Gasteiger partial charge on any atom is -0.492 e. The van der Waals surface area contributed by atoms with Crippen molar-refractivity contribution in [1.82, 2.24) is 19.5 Å². The lowest BCUT2D eigenvalue weighted by Crippen LogP contribution is -2.39. The molecule has 1 saturated heterocycles. The Labute approximate surface area is 171 Å². The molecule has 154 valence electrons. The van der Waals surface area contributed by atoms with Crippen molar-refractivity contribution in [3.8, 4) is 5.88 Å². The van der Waals surface area contributed by atoms with Crippen LogP contribution in [0.4, 0.5) is 4.39 Å². The Morgan fingerprint density at radius 2 is 2.10 bits per heavy atom. The number of methoxy groups -OCH3 is 1. The standard InChI is InChI=1S/C20H23FN4O3S/c1-3-15-22-20-25(23-15)18(26)17(29-20)16(13-6-4-5-7-14(13)21)24-10-8-12(9-11-24)19(27)28-2/h4-7,12,16,26H,3,8-11H2,1-2H3/t16-/m1/s1. The zero-order valence-corrected chi connectivity index (χ0v) is 17.2. The number of carbonyl (C=O) groups excluding carboxylic acids is 1. The second kappa shape index (κ2) is 8.08. The van der Waals surface area contributed by atoms with Gasteiger partial charge < -0.3 is 9.84 Å². The average Bonchev–Trinajstić information content (AvgIpc) is 3.29.